The van der Waals surface area contributed by atoms with Crippen LogP contribution >= 0.6 is 0 Å². The van der Waals surface area contributed by atoms with Gasteiger partial charge in [-0.2, -0.15) is 5.21 Å². The first-order chi connectivity index (χ1) is 10.3. The molecule has 0 aliphatic carbocycles. The maximum Gasteiger partial charge on any atom is 0.193 e. The molecule has 0 unspecified atom stereocenters. The van der Waals surface area contributed by atoms with E-state index in [2.05, 4.69) is 25.5 Å². The highest BCUT2D eigenvalue weighted by molar-refractivity contribution is 5.46. The molecule has 6 heteroatoms. The van der Waals surface area contributed by atoms with Crippen LogP contribution in [0.1, 0.15) is 11.4 Å². The zero-order valence-corrected chi connectivity index (χ0v) is 11.3. The number of rotatable bonds is 5. The summed E-state index contributed by atoms with van der Waals surface area (Å²) in [5.74, 6) is 0.357. The maximum atomic E-state index is 13.3. The minimum absolute atomic E-state index is 0.236. The Kier molecular flexibility index (Phi) is 3.86. The average molecular weight is 283 g/mol. The van der Waals surface area contributed by atoms with E-state index in [4.69, 9.17) is 0 Å². The van der Waals surface area contributed by atoms with Crippen LogP contribution in [0.3, 0.4) is 0 Å². The van der Waals surface area contributed by atoms with Gasteiger partial charge in [-0.1, -0.05) is 35.5 Å². The quantitative estimate of drug-likeness (QED) is 0.781. The zero-order valence-electron chi connectivity index (χ0n) is 11.3. The minimum atomic E-state index is -0.236. The number of H-pyrrole nitrogens is 1. The molecule has 0 spiro atoms. The fourth-order valence-electron chi connectivity index (χ4n) is 2.15. The van der Waals surface area contributed by atoms with E-state index < -0.39 is 0 Å². The summed E-state index contributed by atoms with van der Waals surface area (Å²) < 4.78 is 13.3. The van der Waals surface area contributed by atoms with Crippen LogP contribution in [0.15, 0.2) is 54.6 Å². The number of aromatic amines is 1. The third-order valence-corrected chi connectivity index (χ3v) is 3.11. The summed E-state index contributed by atoms with van der Waals surface area (Å²) in [4.78, 5) is 2.07. The van der Waals surface area contributed by atoms with E-state index in [9.17, 15) is 4.39 Å². The van der Waals surface area contributed by atoms with E-state index >= 15 is 0 Å². The Hall–Kier alpha value is -2.76. The Morgan fingerprint density at radius 3 is 2.57 bits per heavy atom. The lowest BCUT2D eigenvalue weighted by atomic mass is 10.2. The molecule has 0 saturated carbocycles. The van der Waals surface area contributed by atoms with E-state index in [0.29, 0.717) is 18.9 Å². The predicted octanol–water partition coefficient (Wildman–Crippen LogP) is 2.55. The van der Waals surface area contributed by atoms with Crippen LogP contribution in [0.25, 0.3) is 0 Å². The normalized spacial score (nSPS) is 10.5. The van der Waals surface area contributed by atoms with E-state index in [-0.39, 0.29) is 5.82 Å². The van der Waals surface area contributed by atoms with Crippen molar-refractivity contribution in [2.75, 3.05) is 4.90 Å². The SMILES string of the molecule is Fc1cccc(CN(Cc2nn[nH]n2)c2ccccc2)c1. The van der Waals surface area contributed by atoms with Crippen LogP contribution in [-0.4, -0.2) is 20.6 Å². The molecular weight excluding hydrogens is 269 g/mol. The van der Waals surface area contributed by atoms with Gasteiger partial charge < -0.3 is 4.90 Å². The molecular formula is C15H14FN5. The second-order valence-corrected chi connectivity index (χ2v) is 4.65. The third-order valence-electron chi connectivity index (χ3n) is 3.11. The molecule has 0 aliphatic rings. The molecule has 0 aliphatic heterocycles. The molecule has 1 N–H and O–H groups in total. The van der Waals surface area contributed by atoms with Crippen molar-refractivity contribution in [1.82, 2.24) is 20.6 Å². The Labute approximate surface area is 121 Å². The van der Waals surface area contributed by atoms with Gasteiger partial charge in [0.05, 0.1) is 6.54 Å². The smallest absolute Gasteiger partial charge is 0.193 e. The zero-order chi connectivity index (χ0) is 14.5. The summed E-state index contributed by atoms with van der Waals surface area (Å²) in [6.45, 7) is 1.06. The molecule has 1 heterocycles. The Morgan fingerprint density at radius 2 is 1.86 bits per heavy atom. The highest BCUT2D eigenvalue weighted by Crippen LogP contribution is 2.19. The van der Waals surface area contributed by atoms with Crippen molar-refractivity contribution >= 4 is 5.69 Å². The van der Waals surface area contributed by atoms with Crippen molar-refractivity contribution in [1.29, 1.82) is 0 Å². The molecule has 0 bridgehead atoms. The molecule has 3 rings (SSSR count). The van der Waals surface area contributed by atoms with E-state index in [1.54, 1.807) is 6.07 Å². The van der Waals surface area contributed by atoms with E-state index in [1.165, 1.54) is 12.1 Å². The lowest BCUT2D eigenvalue weighted by Gasteiger charge is -2.23. The van der Waals surface area contributed by atoms with Crippen LogP contribution < -0.4 is 4.90 Å². The summed E-state index contributed by atoms with van der Waals surface area (Å²) in [6.07, 6.45) is 0. The summed E-state index contributed by atoms with van der Waals surface area (Å²) in [7, 11) is 0. The van der Waals surface area contributed by atoms with Crippen molar-refractivity contribution in [3.05, 3.63) is 71.8 Å². The molecule has 0 amide bonds. The Bertz CT molecular complexity index is 684. The van der Waals surface area contributed by atoms with Gasteiger partial charge in [0.25, 0.3) is 0 Å². The van der Waals surface area contributed by atoms with Gasteiger partial charge in [0.1, 0.15) is 5.82 Å². The molecule has 5 nitrogen and oxygen atoms in total. The number of hydrogen-bond acceptors (Lipinski definition) is 4. The van der Waals surface area contributed by atoms with Crippen molar-refractivity contribution < 1.29 is 4.39 Å². The molecule has 106 valence electrons. The van der Waals surface area contributed by atoms with Crippen LogP contribution in [-0.2, 0) is 13.1 Å². The molecule has 0 fully saturated rings. The van der Waals surface area contributed by atoms with Crippen LogP contribution in [0.4, 0.5) is 10.1 Å². The second-order valence-electron chi connectivity index (χ2n) is 4.65. The summed E-state index contributed by atoms with van der Waals surface area (Å²) in [6, 6.07) is 16.5. The number of benzene rings is 2. The summed E-state index contributed by atoms with van der Waals surface area (Å²) >= 11 is 0. The fraction of sp³-hybridized carbons (Fsp3) is 0.133. The monoisotopic (exact) mass is 283 g/mol. The van der Waals surface area contributed by atoms with E-state index in [1.807, 2.05) is 36.4 Å². The lowest BCUT2D eigenvalue weighted by Crippen LogP contribution is -2.22. The standard InChI is InChI=1S/C15H14FN5/c16-13-6-4-5-12(9-13)10-21(11-15-17-19-20-18-15)14-7-2-1-3-8-14/h1-9H,10-11H2,(H,17,18,19,20). The van der Waals surface area contributed by atoms with E-state index in [0.717, 1.165) is 11.3 Å². The topological polar surface area (TPSA) is 57.7 Å². The number of nitrogens with one attached hydrogen (secondary N) is 1. The first-order valence-electron chi connectivity index (χ1n) is 6.58. The number of hydrogen-bond donors (Lipinski definition) is 1. The van der Waals surface area contributed by atoms with Gasteiger partial charge >= 0.3 is 0 Å². The maximum absolute atomic E-state index is 13.3. The van der Waals surface area contributed by atoms with Crippen molar-refractivity contribution in [2.24, 2.45) is 0 Å². The molecule has 21 heavy (non-hydrogen) atoms. The Morgan fingerprint density at radius 1 is 1.00 bits per heavy atom. The number of halogens is 1. The van der Waals surface area contributed by atoms with Gasteiger partial charge in [-0.3, -0.25) is 0 Å². The first kappa shape index (κ1) is 13.2. The number of nitrogens with zero attached hydrogens (tertiary/aromatic N) is 4. The van der Waals surface area contributed by atoms with Gasteiger partial charge in [-0.15, -0.1) is 10.2 Å². The molecule has 1 aromatic heterocycles. The van der Waals surface area contributed by atoms with Gasteiger partial charge in [-0.05, 0) is 29.8 Å². The summed E-state index contributed by atoms with van der Waals surface area (Å²) in [5, 5.41) is 14.0. The average Bonchev–Trinajstić information content (AvgIpc) is 3.01. The van der Waals surface area contributed by atoms with Crippen LogP contribution in [0.2, 0.25) is 0 Å². The number of para-hydroxylation sites is 1. The van der Waals surface area contributed by atoms with Crippen molar-refractivity contribution in [3.63, 3.8) is 0 Å². The van der Waals surface area contributed by atoms with Gasteiger partial charge in [0.15, 0.2) is 5.82 Å². The van der Waals surface area contributed by atoms with Gasteiger partial charge in [0, 0.05) is 12.2 Å². The Balaban J connectivity index is 1.85. The van der Waals surface area contributed by atoms with Crippen molar-refractivity contribution in [3.8, 4) is 0 Å². The number of anilines is 1. The lowest BCUT2D eigenvalue weighted by molar-refractivity contribution is 0.624. The van der Waals surface area contributed by atoms with Crippen molar-refractivity contribution in [2.45, 2.75) is 13.1 Å². The van der Waals surface area contributed by atoms with Crippen LogP contribution in [0, 0.1) is 5.82 Å². The highest BCUT2D eigenvalue weighted by Gasteiger charge is 2.11. The molecule has 0 atom stereocenters. The third kappa shape index (κ3) is 3.42. The molecule has 0 radical (unpaired) electrons. The first-order valence-corrected chi connectivity index (χ1v) is 6.58. The largest absolute Gasteiger partial charge is 0.360 e. The second kappa shape index (κ2) is 6.13. The van der Waals surface area contributed by atoms with Crippen LogP contribution in [0.5, 0.6) is 0 Å². The molecule has 3 aromatic rings. The molecule has 2 aromatic carbocycles. The molecule has 0 saturated heterocycles. The number of aromatic nitrogens is 4. The predicted molar refractivity (Wildman–Crippen MR) is 76.9 cm³/mol. The number of tetrazole rings is 1. The highest BCUT2D eigenvalue weighted by atomic mass is 19.1. The fourth-order valence-corrected chi connectivity index (χ4v) is 2.15. The van der Waals surface area contributed by atoms with Gasteiger partial charge in [0.2, 0.25) is 0 Å². The van der Waals surface area contributed by atoms with Gasteiger partial charge in [-0.25, -0.2) is 4.39 Å². The summed E-state index contributed by atoms with van der Waals surface area (Å²) in [5.41, 5.74) is 1.91. The minimum Gasteiger partial charge on any atom is -0.360 e.